The molecule has 0 saturated carbocycles. The lowest BCUT2D eigenvalue weighted by Crippen LogP contribution is -2.00. The predicted octanol–water partition coefficient (Wildman–Crippen LogP) is 6.02. The number of ether oxygens (including phenoxy) is 1. The van der Waals surface area contributed by atoms with E-state index in [9.17, 15) is 0 Å². The molecule has 0 aromatic heterocycles. The van der Waals surface area contributed by atoms with Crippen molar-refractivity contribution >= 4 is 39.1 Å². The molecular formula is C14H19BrCl2O. The number of alkyl halides is 3. The van der Waals surface area contributed by atoms with Crippen LogP contribution in [0.2, 0.25) is 0 Å². The maximum absolute atomic E-state index is 5.93. The molecule has 0 aliphatic carbocycles. The molecule has 0 fully saturated rings. The van der Waals surface area contributed by atoms with Crippen molar-refractivity contribution in [2.24, 2.45) is 0 Å². The second kappa shape index (κ2) is 8.29. The molecule has 0 aliphatic heterocycles. The van der Waals surface area contributed by atoms with E-state index in [-0.39, 0.29) is 0 Å². The van der Waals surface area contributed by atoms with Crippen LogP contribution in [0.4, 0.5) is 0 Å². The Labute approximate surface area is 128 Å². The van der Waals surface area contributed by atoms with Gasteiger partial charge >= 0.3 is 0 Å². The minimum absolute atomic E-state index is 0.768. The lowest BCUT2D eigenvalue weighted by Gasteiger charge is -2.12. The van der Waals surface area contributed by atoms with E-state index in [1.165, 1.54) is 25.7 Å². The molecule has 1 rings (SSSR count). The monoisotopic (exact) mass is 352 g/mol. The van der Waals surface area contributed by atoms with Gasteiger partial charge in [-0.05, 0) is 40.0 Å². The molecular weight excluding hydrogens is 335 g/mol. The SMILES string of the molecule is CCCCCCCOc1ccc(C(Cl)(Cl)Br)cc1. The van der Waals surface area contributed by atoms with Gasteiger partial charge in [-0.3, -0.25) is 0 Å². The Balaban J connectivity index is 2.27. The number of halogens is 3. The van der Waals surface area contributed by atoms with Crippen LogP contribution in [0.15, 0.2) is 24.3 Å². The summed E-state index contributed by atoms with van der Waals surface area (Å²) in [7, 11) is 0. The quantitative estimate of drug-likeness (QED) is 0.410. The van der Waals surface area contributed by atoms with Gasteiger partial charge in [0.25, 0.3) is 0 Å². The molecule has 0 atom stereocenters. The van der Waals surface area contributed by atoms with Crippen molar-refractivity contribution in [2.75, 3.05) is 6.61 Å². The van der Waals surface area contributed by atoms with E-state index in [0.717, 1.165) is 24.3 Å². The van der Waals surface area contributed by atoms with Crippen LogP contribution in [0.25, 0.3) is 0 Å². The van der Waals surface area contributed by atoms with E-state index in [1.54, 1.807) is 0 Å². The zero-order valence-corrected chi connectivity index (χ0v) is 13.7. The van der Waals surface area contributed by atoms with Gasteiger partial charge in [-0.25, -0.2) is 0 Å². The summed E-state index contributed by atoms with van der Waals surface area (Å²) in [6, 6.07) is 7.51. The van der Waals surface area contributed by atoms with Gasteiger partial charge in [0.15, 0.2) is 3.24 Å². The van der Waals surface area contributed by atoms with E-state index in [1.807, 2.05) is 24.3 Å². The molecule has 0 N–H and O–H groups in total. The van der Waals surface area contributed by atoms with Gasteiger partial charge in [-0.15, -0.1) is 0 Å². The first-order chi connectivity index (χ1) is 8.54. The summed E-state index contributed by atoms with van der Waals surface area (Å²) in [4.78, 5) is 0. The van der Waals surface area contributed by atoms with Gasteiger partial charge in [0.05, 0.1) is 6.61 Å². The van der Waals surface area contributed by atoms with Crippen LogP contribution in [0.3, 0.4) is 0 Å². The summed E-state index contributed by atoms with van der Waals surface area (Å²) < 4.78 is 4.63. The molecule has 18 heavy (non-hydrogen) atoms. The van der Waals surface area contributed by atoms with E-state index < -0.39 is 3.24 Å². The van der Waals surface area contributed by atoms with E-state index in [4.69, 9.17) is 27.9 Å². The third kappa shape index (κ3) is 6.31. The summed E-state index contributed by atoms with van der Waals surface area (Å²) in [6.07, 6.45) is 6.22. The highest BCUT2D eigenvalue weighted by Gasteiger charge is 2.21. The van der Waals surface area contributed by atoms with Crippen molar-refractivity contribution in [3.63, 3.8) is 0 Å². The van der Waals surface area contributed by atoms with Gasteiger partial charge in [0, 0.05) is 0 Å². The van der Waals surface area contributed by atoms with E-state index in [2.05, 4.69) is 22.9 Å². The molecule has 1 nitrogen and oxygen atoms in total. The van der Waals surface area contributed by atoms with Gasteiger partial charge < -0.3 is 4.74 Å². The lowest BCUT2D eigenvalue weighted by molar-refractivity contribution is 0.304. The van der Waals surface area contributed by atoms with Crippen molar-refractivity contribution in [3.8, 4) is 5.75 Å². The minimum Gasteiger partial charge on any atom is -0.494 e. The average Bonchev–Trinajstić information content (AvgIpc) is 2.33. The zero-order chi connectivity index (χ0) is 13.4. The van der Waals surface area contributed by atoms with Crippen molar-refractivity contribution < 1.29 is 4.74 Å². The number of rotatable bonds is 8. The third-order valence-corrected chi connectivity index (χ3v) is 3.59. The molecule has 1 aromatic carbocycles. The molecule has 0 amide bonds. The molecule has 0 aliphatic rings. The predicted molar refractivity (Wildman–Crippen MR) is 83.0 cm³/mol. The summed E-state index contributed by atoms with van der Waals surface area (Å²) in [5.74, 6) is 0.860. The fourth-order valence-electron chi connectivity index (χ4n) is 1.64. The highest BCUT2D eigenvalue weighted by Crippen LogP contribution is 2.40. The molecule has 102 valence electrons. The largest absolute Gasteiger partial charge is 0.494 e. The van der Waals surface area contributed by atoms with Crippen LogP contribution in [-0.4, -0.2) is 6.61 Å². The molecule has 0 unspecified atom stereocenters. The van der Waals surface area contributed by atoms with Crippen LogP contribution in [0, 0.1) is 0 Å². The first-order valence-corrected chi connectivity index (χ1v) is 7.89. The standard InChI is InChI=1S/C14H19BrCl2O/c1-2-3-4-5-6-11-18-13-9-7-12(8-10-13)14(15,16)17/h7-10H,2-6,11H2,1H3. The maximum Gasteiger partial charge on any atom is 0.197 e. The smallest absolute Gasteiger partial charge is 0.197 e. The van der Waals surface area contributed by atoms with Crippen molar-refractivity contribution in [1.29, 1.82) is 0 Å². The zero-order valence-electron chi connectivity index (χ0n) is 10.6. The van der Waals surface area contributed by atoms with Crippen molar-refractivity contribution in [3.05, 3.63) is 29.8 Å². The van der Waals surface area contributed by atoms with Crippen molar-refractivity contribution in [2.45, 2.75) is 42.3 Å². The van der Waals surface area contributed by atoms with Crippen LogP contribution >= 0.6 is 39.1 Å². The summed E-state index contributed by atoms with van der Waals surface area (Å²) in [5, 5.41) is 0. The van der Waals surface area contributed by atoms with Gasteiger partial charge in [0.2, 0.25) is 0 Å². The average molecular weight is 354 g/mol. The number of hydrogen-bond donors (Lipinski definition) is 0. The highest BCUT2D eigenvalue weighted by molar-refractivity contribution is 9.10. The second-order valence-corrected chi connectivity index (χ2v) is 7.71. The fourth-order valence-corrected chi connectivity index (χ4v) is 2.15. The lowest BCUT2D eigenvalue weighted by atomic mass is 10.2. The van der Waals surface area contributed by atoms with Crippen LogP contribution < -0.4 is 4.74 Å². The maximum atomic E-state index is 5.93. The van der Waals surface area contributed by atoms with Crippen LogP contribution in [-0.2, 0) is 3.24 Å². The highest BCUT2D eigenvalue weighted by atomic mass is 79.9. The first-order valence-electron chi connectivity index (χ1n) is 6.34. The summed E-state index contributed by atoms with van der Waals surface area (Å²) in [6.45, 7) is 2.99. The Bertz CT molecular complexity index is 333. The number of benzene rings is 1. The van der Waals surface area contributed by atoms with E-state index in [0.29, 0.717) is 0 Å². The Hall–Kier alpha value is 0.0800. The minimum atomic E-state index is -1.02. The molecule has 0 bridgehead atoms. The van der Waals surface area contributed by atoms with Gasteiger partial charge in [0.1, 0.15) is 5.75 Å². The van der Waals surface area contributed by atoms with Crippen molar-refractivity contribution in [1.82, 2.24) is 0 Å². The molecule has 0 saturated heterocycles. The molecule has 0 spiro atoms. The van der Waals surface area contributed by atoms with E-state index >= 15 is 0 Å². The van der Waals surface area contributed by atoms with Crippen LogP contribution in [0.5, 0.6) is 5.75 Å². The Morgan fingerprint density at radius 2 is 1.67 bits per heavy atom. The normalized spacial score (nSPS) is 11.6. The molecule has 0 radical (unpaired) electrons. The Morgan fingerprint density at radius 3 is 2.22 bits per heavy atom. The summed E-state index contributed by atoms with van der Waals surface area (Å²) in [5.41, 5.74) is 0.807. The van der Waals surface area contributed by atoms with Crippen LogP contribution in [0.1, 0.15) is 44.6 Å². The number of unbranched alkanes of at least 4 members (excludes halogenated alkanes) is 4. The first kappa shape index (κ1) is 16.1. The fraction of sp³-hybridized carbons (Fsp3) is 0.571. The Morgan fingerprint density at radius 1 is 1.06 bits per heavy atom. The molecule has 0 heterocycles. The third-order valence-electron chi connectivity index (χ3n) is 2.70. The topological polar surface area (TPSA) is 9.23 Å². The second-order valence-electron chi connectivity index (χ2n) is 4.28. The summed E-state index contributed by atoms with van der Waals surface area (Å²) >= 11 is 15.0. The Kier molecular flexibility index (Phi) is 7.43. The molecule has 4 heteroatoms. The van der Waals surface area contributed by atoms with Gasteiger partial charge in [-0.2, -0.15) is 0 Å². The van der Waals surface area contributed by atoms with Gasteiger partial charge in [-0.1, -0.05) is 67.9 Å². The number of hydrogen-bond acceptors (Lipinski definition) is 1. The molecule has 1 aromatic rings.